The Kier molecular flexibility index (Phi) is 5.62. The molecule has 0 atom stereocenters. The van der Waals surface area contributed by atoms with Crippen molar-refractivity contribution in [2.75, 3.05) is 0 Å². The second kappa shape index (κ2) is 8.16. The van der Waals surface area contributed by atoms with E-state index in [-0.39, 0.29) is 9.79 Å². The summed E-state index contributed by atoms with van der Waals surface area (Å²) in [5.74, 6) is 0.799. The van der Waals surface area contributed by atoms with Crippen molar-refractivity contribution in [3.8, 4) is 11.5 Å². The molecule has 0 amide bonds. The Hall–Kier alpha value is -3.44. The summed E-state index contributed by atoms with van der Waals surface area (Å²) >= 11 is 0. The van der Waals surface area contributed by atoms with E-state index in [0.29, 0.717) is 34.3 Å². The molecule has 0 radical (unpaired) electrons. The molecule has 0 spiro atoms. The van der Waals surface area contributed by atoms with Crippen LogP contribution in [0.2, 0.25) is 0 Å². The average Bonchev–Trinajstić information content (AvgIpc) is 3.29. The molecule has 0 aliphatic heterocycles. The third kappa shape index (κ3) is 4.29. The first kappa shape index (κ1) is 22.7. The quantitative estimate of drug-likeness (QED) is 0.409. The second-order valence-corrected chi connectivity index (χ2v) is 11.1. The van der Waals surface area contributed by atoms with Crippen molar-refractivity contribution in [3.05, 3.63) is 83.4 Å². The second-order valence-electron chi connectivity index (χ2n) is 7.60. The van der Waals surface area contributed by atoms with Crippen LogP contribution < -0.4 is 4.74 Å². The standard InChI is InChI=1S/C22H22N4O5S2/c1-15-13-17(3)25(23-15)32(27,28)21-9-5-19(6-10-21)31-20-7-11-22(12-8-20)33(29,30)26-18(4)14-16(2)24-26/h5-14H,1-4H3. The van der Waals surface area contributed by atoms with Crippen molar-refractivity contribution in [1.82, 2.24) is 18.4 Å². The van der Waals surface area contributed by atoms with Gasteiger partial charge in [0.1, 0.15) is 11.5 Å². The maximum Gasteiger partial charge on any atom is 0.283 e. The van der Waals surface area contributed by atoms with Crippen LogP contribution in [-0.2, 0) is 20.0 Å². The molecule has 0 unspecified atom stereocenters. The van der Waals surface area contributed by atoms with E-state index in [9.17, 15) is 16.8 Å². The summed E-state index contributed by atoms with van der Waals surface area (Å²) in [5.41, 5.74) is 2.25. The number of hydrogen-bond donors (Lipinski definition) is 0. The summed E-state index contributed by atoms with van der Waals surface area (Å²) in [5, 5.41) is 8.09. The van der Waals surface area contributed by atoms with Gasteiger partial charge >= 0.3 is 0 Å². The number of nitrogens with zero attached hydrogens (tertiary/aromatic N) is 4. The van der Waals surface area contributed by atoms with Crippen molar-refractivity contribution in [1.29, 1.82) is 0 Å². The van der Waals surface area contributed by atoms with E-state index < -0.39 is 20.0 Å². The van der Waals surface area contributed by atoms with E-state index in [0.717, 1.165) is 8.17 Å². The zero-order chi connectivity index (χ0) is 24.0. The fraction of sp³-hybridized carbons (Fsp3) is 0.182. The Bertz CT molecular complexity index is 1420. The molecule has 0 bridgehead atoms. The zero-order valence-corrected chi connectivity index (χ0v) is 20.1. The van der Waals surface area contributed by atoms with E-state index in [1.807, 2.05) is 0 Å². The molecule has 0 fully saturated rings. The lowest BCUT2D eigenvalue weighted by Gasteiger charge is -2.10. The van der Waals surface area contributed by atoms with Crippen LogP contribution in [0.15, 0.2) is 70.5 Å². The highest BCUT2D eigenvalue weighted by Crippen LogP contribution is 2.26. The topological polar surface area (TPSA) is 113 Å². The van der Waals surface area contributed by atoms with Crippen molar-refractivity contribution in [2.24, 2.45) is 0 Å². The predicted molar refractivity (Wildman–Crippen MR) is 122 cm³/mol. The zero-order valence-electron chi connectivity index (χ0n) is 18.4. The number of ether oxygens (including phenoxy) is 1. The lowest BCUT2D eigenvalue weighted by atomic mass is 10.3. The van der Waals surface area contributed by atoms with Gasteiger partial charge in [0.25, 0.3) is 20.0 Å². The molecule has 4 rings (SSSR count). The van der Waals surface area contributed by atoms with Crippen molar-refractivity contribution < 1.29 is 21.6 Å². The number of rotatable bonds is 6. The molecule has 0 N–H and O–H groups in total. The van der Waals surface area contributed by atoms with Crippen molar-refractivity contribution in [3.63, 3.8) is 0 Å². The fourth-order valence-electron chi connectivity index (χ4n) is 3.40. The van der Waals surface area contributed by atoms with Crippen LogP contribution >= 0.6 is 0 Å². The minimum Gasteiger partial charge on any atom is -0.457 e. The van der Waals surface area contributed by atoms with E-state index in [2.05, 4.69) is 10.2 Å². The summed E-state index contributed by atoms with van der Waals surface area (Å²) in [4.78, 5) is 0.153. The minimum absolute atomic E-state index is 0.0763. The molecule has 0 saturated heterocycles. The Morgan fingerprint density at radius 3 is 1.21 bits per heavy atom. The molecular weight excluding hydrogens is 464 g/mol. The summed E-state index contributed by atoms with van der Waals surface area (Å²) < 4.78 is 59.0. The number of benzene rings is 2. The van der Waals surface area contributed by atoms with Crippen LogP contribution in [0.25, 0.3) is 0 Å². The number of hydrogen-bond acceptors (Lipinski definition) is 7. The Morgan fingerprint density at radius 2 is 0.939 bits per heavy atom. The SMILES string of the molecule is Cc1cc(C)n(S(=O)(=O)c2ccc(Oc3ccc(S(=O)(=O)n4nc(C)cc4C)cc3)cc2)n1. The summed E-state index contributed by atoms with van der Waals surface area (Å²) in [6, 6.07) is 15.2. The first-order valence-electron chi connectivity index (χ1n) is 9.94. The highest BCUT2D eigenvalue weighted by atomic mass is 32.2. The molecule has 33 heavy (non-hydrogen) atoms. The molecule has 0 aliphatic rings. The van der Waals surface area contributed by atoms with Crippen LogP contribution in [0.1, 0.15) is 22.8 Å². The third-order valence-corrected chi connectivity index (χ3v) is 8.26. The van der Waals surface area contributed by atoms with E-state index in [4.69, 9.17) is 4.74 Å². The summed E-state index contributed by atoms with van der Waals surface area (Å²) in [6.45, 7) is 6.80. The molecule has 0 aliphatic carbocycles. The highest BCUT2D eigenvalue weighted by Gasteiger charge is 2.21. The van der Waals surface area contributed by atoms with Crippen molar-refractivity contribution in [2.45, 2.75) is 37.5 Å². The lowest BCUT2D eigenvalue weighted by molar-refractivity contribution is 0.481. The normalized spacial score (nSPS) is 12.1. The largest absolute Gasteiger partial charge is 0.457 e. The Balaban J connectivity index is 1.53. The van der Waals surface area contributed by atoms with Crippen LogP contribution in [0, 0.1) is 27.7 Å². The monoisotopic (exact) mass is 486 g/mol. The molecule has 2 aromatic carbocycles. The highest BCUT2D eigenvalue weighted by molar-refractivity contribution is 7.90. The van der Waals surface area contributed by atoms with Gasteiger partial charge in [0.05, 0.1) is 32.6 Å². The molecule has 2 heterocycles. The average molecular weight is 487 g/mol. The maximum absolute atomic E-state index is 12.8. The van der Waals surface area contributed by atoms with E-state index in [1.54, 1.807) is 39.8 Å². The molecule has 172 valence electrons. The molecule has 2 aromatic heterocycles. The number of aromatic nitrogens is 4. The maximum atomic E-state index is 12.8. The van der Waals surface area contributed by atoms with Gasteiger partial charge in [-0.2, -0.15) is 35.2 Å². The van der Waals surface area contributed by atoms with Gasteiger partial charge in [-0.15, -0.1) is 0 Å². The first-order chi connectivity index (χ1) is 15.5. The third-order valence-electron chi connectivity index (χ3n) is 4.87. The molecule has 11 heteroatoms. The van der Waals surface area contributed by atoms with Gasteiger partial charge in [0.2, 0.25) is 0 Å². The molecular formula is C22H22N4O5S2. The van der Waals surface area contributed by atoms with Gasteiger partial charge in [-0.05, 0) is 88.4 Å². The van der Waals surface area contributed by atoms with Gasteiger partial charge in [-0.3, -0.25) is 0 Å². The molecule has 0 saturated carbocycles. The van der Waals surface area contributed by atoms with Gasteiger partial charge in [-0.25, -0.2) is 0 Å². The van der Waals surface area contributed by atoms with Gasteiger partial charge in [0, 0.05) is 0 Å². The van der Waals surface area contributed by atoms with Crippen LogP contribution in [-0.4, -0.2) is 35.2 Å². The van der Waals surface area contributed by atoms with Gasteiger partial charge in [-0.1, -0.05) is 0 Å². The summed E-state index contributed by atoms with van der Waals surface area (Å²) in [6.07, 6.45) is 0. The van der Waals surface area contributed by atoms with Gasteiger partial charge < -0.3 is 4.74 Å². The Labute approximate surface area is 192 Å². The first-order valence-corrected chi connectivity index (χ1v) is 12.8. The molecule has 9 nitrogen and oxygen atoms in total. The molecule has 4 aromatic rings. The van der Waals surface area contributed by atoms with Crippen LogP contribution in [0.5, 0.6) is 11.5 Å². The predicted octanol–water partition coefficient (Wildman–Crippen LogP) is 3.58. The van der Waals surface area contributed by atoms with Gasteiger partial charge in [0.15, 0.2) is 0 Å². The smallest absolute Gasteiger partial charge is 0.283 e. The van der Waals surface area contributed by atoms with Crippen LogP contribution in [0.4, 0.5) is 0 Å². The van der Waals surface area contributed by atoms with Crippen molar-refractivity contribution >= 4 is 20.0 Å². The van der Waals surface area contributed by atoms with E-state index in [1.165, 1.54) is 48.5 Å². The van der Waals surface area contributed by atoms with Crippen LogP contribution in [0.3, 0.4) is 0 Å². The van der Waals surface area contributed by atoms with E-state index >= 15 is 0 Å². The number of aryl methyl sites for hydroxylation is 4. The lowest BCUT2D eigenvalue weighted by Crippen LogP contribution is -2.16. The Morgan fingerprint density at radius 1 is 0.606 bits per heavy atom. The summed E-state index contributed by atoms with van der Waals surface area (Å²) in [7, 11) is -7.63. The fourth-order valence-corrected chi connectivity index (χ4v) is 6.09. The minimum atomic E-state index is -3.81.